The number of likely N-dealkylation sites (tertiary alicyclic amines) is 1. The first-order valence-corrected chi connectivity index (χ1v) is 8.38. The van der Waals surface area contributed by atoms with Crippen molar-refractivity contribution >= 4 is 5.91 Å². The summed E-state index contributed by atoms with van der Waals surface area (Å²) in [5, 5.41) is 0. The van der Waals surface area contributed by atoms with Crippen LogP contribution in [-0.2, 0) is 19.7 Å². The molecular weight excluding hydrogens is 278 g/mol. The summed E-state index contributed by atoms with van der Waals surface area (Å²) in [6.45, 7) is 3.01. The molecule has 0 aromatic heterocycles. The predicted octanol–water partition coefficient (Wildman–Crippen LogP) is 2.33. The van der Waals surface area contributed by atoms with E-state index in [-0.39, 0.29) is 11.7 Å². The van der Waals surface area contributed by atoms with E-state index in [1.54, 1.807) is 0 Å². The monoisotopic (exact) mass is 301 g/mol. The maximum absolute atomic E-state index is 13.1. The molecule has 0 spiro atoms. The van der Waals surface area contributed by atoms with Crippen LogP contribution in [0, 0.1) is 5.92 Å². The van der Waals surface area contributed by atoms with Crippen molar-refractivity contribution in [2.75, 3.05) is 26.3 Å². The first-order chi connectivity index (χ1) is 10.8. The highest BCUT2D eigenvalue weighted by atomic mass is 16.7. The van der Waals surface area contributed by atoms with E-state index in [0.717, 1.165) is 38.8 Å². The average Bonchev–Trinajstić information content (AvgIpc) is 3.21. The van der Waals surface area contributed by atoms with Gasteiger partial charge in [-0.25, -0.2) is 0 Å². The van der Waals surface area contributed by atoms with Crippen molar-refractivity contribution in [1.82, 2.24) is 4.90 Å². The van der Waals surface area contributed by atoms with Crippen LogP contribution in [0.3, 0.4) is 0 Å². The van der Waals surface area contributed by atoms with Gasteiger partial charge in [0.1, 0.15) is 0 Å². The Bertz CT molecular complexity index is 535. The Hall–Kier alpha value is -1.39. The smallest absolute Gasteiger partial charge is 0.233 e. The molecule has 0 bridgehead atoms. The number of hydrogen-bond donors (Lipinski definition) is 0. The highest BCUT2D eigenvalue weighted by molar-refractivity contribution is 5.91. The Morgan fingerprint density at radius 1 is 1.14 bits per heavy atom. The molecule has 2 saturated heterocycles. The number of benzene rings is 1. The van der Waals surface area contributed by atoms with E-state index in [2.05, 4.69) is 17.0 Å². The van der Waals surface area contributed by atoms with Gasteiger partial charge in [0.2, 0.25) is 5.91 Å². The molecule has 0 radical (unpaired) electrons. The maximum Gasteiger partial charge on any atom is 0.233 e. The van der Waals surface area contributed by atoms with Crippen molar-refractivity contribution < 1.29 is 14.3 Å². The van der Waals surface area contributed by atoms with E-state index < -0.39 is 0 Å². The van der Waals surface area contributed by atoms with E-state index in [1.807, 2.05) is 18.2 Å². The van der Waals surface area contributed by atoms with Gasteiger partial charge in [-0.3, -0.25) is 4.79 Å². The van der Waals surface area contributed by atoms with Gasteiger partial charge in [-0.05, 0) is 31.2 Å². The van der Waals surface area contributed by atoms with Crippen molar-refractivity contribution in [2.24, 2.45) is 5.92 Å². The van der Waals surface area contributed by atoms with Gasteiger partial charge < -0.3 is 14.4 Å². The highest BCUT2D eigenvalue weighted by Crippen LogP contribution is 2.50. The van der Waals surface area contributed by atoms with Crippen molar-refractivity contribution in [2.45, 2.75) is 37.4 Å². The molecule has 22 heavy (non-hydrogen) atoms. The number of amides is 1. The first-order valence-electron chi connectivity index (χ1n) is 8.38. The molecule has 1 saturated carbocycles. The van der Waals surface area contributed by atoms with E-state index in [0.29, 0.717) is 25.0 Å². The normalized spacial score (nSPS) is 27.8. The molecule has 1 unspecified atom stereocenters. The fraction of sp³-hybridized carbons (Fsp3) is 0.611. The molecule has 1 aromatic rings. The Balaban J connectivity index is 1.48. The fourth-order valence-electron chi connectivity index (χ4n) is 3.88. The van der Waals surface area contributed by atoms with Crippen LogP contribution in [0.15, 0.2) is 30.3 Å². The van der Waals surface area contributed by atoms with Crippen molar-refractivity contribution in [3.8, 4) is 0 Å². The van der Waals surface area contributed by atoms with Gasteiger partial charge in [-0.15, -0.1) is 0 Å². The summed E-state index contributed by atoms with van der Waals surface area (Å²) in [7, 11) is 0. The Labute approximate surface area is 131 Å². The molecule has 118 valence electrons. The molecule has 1 aliphatic carbocycles. The number of rotatable bonds is 3. The van der Waals surface area contributed by atoms with Gasteiger partial charge in [0.25, 0.3) is 0 Å². The third kappa shape index (κ3) is 2.44. The van der Waals surface area contributed by atoms with Crippen LogP contribution in [-0.4, -0.2) is 43.4 Å². The fourth-order valence-corrected chi connectivity index (χ4v) is 3.88. The first kappa shape index (κ1) is 14.2. The third-order valence-electron chi connectivity index (χ3n) is 5.26. The summed E-state index contributed by atoms with van der Waals surface area (Å²) in [5.74, 6) is 0.633. The molecule has 2 heterocycles. The molecule has 1 amide bonds. The van der Waals surface area contributed by atoms with Gasteiger partial charge >= 0.3 is 0 Å². The predicted molar refractivity (Wildman–Crippen MR) is 82.4 cm³/mol. The van der Waals surface area contributed by atoms with Gasteiger partial charge in [-0.1, -0.05) is 30.3 Å². The largest absolute Gasteiger partial charge is 0.350 e. The molecule has 4 nitrogen and oxygen atoms in total. The second-order valence-corrected chi connectivity index (χ2v) is 6.71. The highest BCUT2D eigenvalue weighted by Gasteiger charge is 2.53. The molecule has 2 aliphatic heterocycles. The Morgan fingerprint density at radius 3 is 2.55 bits per heavy atom. The number of carbonyl (C=O) groups excluding carboxylic acids is 1. The second kappa shape index (κ2) is 5.67. The van der Waals surface area contributed by atoms with Crippen LogP contribution >= 0.6 is 0 Å². The summed E-state index contributed by atoms with van der Waals surface area (Å²) in [6, 6.07) is 10.3. The van der Waals surface area contributed by atoms with Gasteiger partial charge in [0.15, 0.2) is 6.29 Å². The molecule has 1 atom stereocenters. The summed E-state index contributed by atoms with van der Waals surface area (Å²) in [4.78, 5) is 15.1. The summed E-state index contributed by atoms with van der Waals surface area (Å²) in [5.41, 5.74) is 0.927. The topological polar surface area (TPSA) is 38.8 Å². The summed E-state index contributed by atoms with van der Waals surface area (Å²) in [6.07, 6.45) is 3.99. The number of carbonyl (C=O) groups is 1. The molecule has 0 N–H and O–H groups in total. The molecule has 3 aliphatic rings. The van der Waals surface area contributed by atoms with E-state index >= 15 is 0 Å². The minimum absolute atomic E-state index is 0.109. The standard InChI is InChI=1S/C18H23NO3/c20-17(18(8-9-18)15-6-2-1-3-7-15)19-10-4-5-14(13-19)16-21-11-12-22-16/h1-3,6-7,14,16H,4-5,8-13H2. The zero-order valence-corrected chi connectivity index (χ0v) is 12.9. The number of ether oxygens (including phenoxy) is 2. The van der Waals surface area contributed by atoms with Crippen LogP contribution in [0.2, 0.25) is 0 Å². The summed E-state index contributed by atoms with van der Waals surface area (Å²) >= 11 is 0. The average molecular weight is 301 g/mol. The lowest BCUT2D eigenvalue weighted by molar-refractivity contribution is -0.141. The molecule has 4 rings (SSSR count). The lowest BCUT2D eigenvalue weighted by atomic mass is 9.91. The number of piperidine rings is 1. The van der Waals surface area contributed by atoms with Crippen molar-refractivity contribution in [3.05, 3.63) is 35.9 Å². The van der Waals surface area contributed by atoms with Crippen LogP contribution < -0.4 is 0 Å². The van der Waals surface area contributed by atoms with Crippen LogP contribution in [0.25, 0.3) is 0 Å². The molecule has 4 heteroatoms. The number of hydrogen-bond acceptors (Lipinski definition) is 3. The van der Waals surface area contributed by atoms with E-state index in [9.17, 15) is 4.79 Å². The quantitative estimate of drug-likeness (QED) is 0.860. The summed E-state index contributed by atoms with van der Waals surface area (Å²) < 4.78 is 11.3. The van der Waals surface area contributed by atoms with E-state index in [4.69, 9.17) is 9.47 Å². The Kier molecular flexibility index (Phi) is 3.66. The zero-order chi connectivity index (χ0) is 15.0. The maximum atomic E-state index is 13.1. The SMILES string of the molecule is O=C(N1CCCC(C2OCCO2)C1)C1(c2ccccc2)CC1. The molecule has 1 aromatic carbocycles. The van der Waals surface area contributed by atoms with Crippen LogP contribution in [0.4, 0.5) is 0 Å². The molecular formula is C18H23NO3. The third-order valence-corrected chi connectivity index (χ3v) is 5.26. The Morgan fingerprint density at radius 2 is 1.86 bits per heavy atom. The lowest BCUT2D eigenvalue weighted by Gasteiger charge is -2.36. The number of nitrogens with zero attached hydrogens (tertiary/aromatic N) is 1. The van der Waals surface area contributed by atoms with Crippen LogP contribution in [0.5, 0.6) is 0 Å². The molecule has 3 fully saturated rings. The zero-order valence-electron chi connectivity index (χ0n) is 12.9. The lowest BCUT2D eigenvalue weighted by Crippen LogP contribution is -2.47. The minimum atomic E-state index is -0.249. The van der Waals surface area contributed by atoms with Crippen LogP contribution in [0.1, 0.15) is 31.2 Å². The van der Waals surface area contributed by atoms with Crippen molar-refractivity contribution in [3.63, 3.8) is 0 Å². The van der Waals surface area contributed by atoms with Crippen molar-refractivity contribution in [1.29, 1.82) is 0 Å². The second-order valence-electron chi connectivity index (χ2n) is 6.71. The van der Waals surface area contributed by atoms with E-state index in [1.165, 1.54) is 5.56 Å². The van der Waals surface area contributed by atoms with Gasteiger partial charge in [0, 0.05) is 19.0 Å². The van der Waals surface area contributed by atoms with Gasteiger partial charge in [0.05, 0.1) is 18.6 Å². The van der Waals surface area contributed by atoms with Gasteiger partial charge in [-0.2, -0.15) is 0 Å². The minimum Gasteiger partial charge on any atom is -0.350 e.